The van der Waals surface area contributed by atoms with E-state index in [1.807, 2.05) is 0 Å². The van der Waals surface area contributed by atoms with Gasteiger partial charge in [0.05, 0.1) is 0 Å². The highest BCUT2D eigenvalue weighted by atomic mass is 16.4. The zero-order chi connectivity index (χ0) is 8.27. The van der Waals surface area contributed by atoms with Crippen molar-refractivity contribution < 1.29 is 9.90 Å². The summed E-state index contributed by atoms with van der Waals surface area (Å²) in [4.78, 5) is 10.4. The molecule has 2 heteroatoms. The van der Waals surface area contributed by atoms with E-state index >= 15 is 0 Å². The molecule has 0 unspecified atom stereocenters. The van der Waals surface area contributed by atoms with Crippen molar-refractivity contribution in [2.75, 3.05) is 0 Å². The Labute approximate surface area is 65.5 Å². The van der Waals surface area contributed by atoms with E-state index in [-0.39, 0.29) is 0 Å². The first-order valence-electron chi connectivity index (χ1n) is 3.49. The van der Waals surface area contributed by atoms with Crippen molar-refractivity contribution in [1.82, 2.24) is 0 Å². The maximum atomic E-state index is 10.4. The smallest absolute Gasteiger partial charge is 0.331 e. The number of rotatable bonds is 2. The van der Waals surface area contributed by atoms with Gasteiger partial charge in [0.15, 0.2) is 0 Å². The Morgan fingerprint density at radius 1 is 1.55 bits per heavy atom. The van der Waals surface area contributed by atoms with Crippen molar-refractivity contribution >= 4 is 5.97 Å². The molecule has 1 rings (SSSR count). The number of carbonyl (C=O) groups is 1. The van der Waals surface area contributed by atoms with Crippen LogP contribution in [0.1, 0.15) is 12.8 Å². The van der Waals surface area contributed by atoms with Gasteiger partial charge in [-0.3, -0.25) is 0 Å². The van der Waals surface area contributed by atoms with Gasteiger partial charge in [0.1, 0.15) is 0 Å². The summed E-state index contributed by atoms with van der Waals surface area (Å²) in [7, 11) is 0. The molecule has 0 atom stereocenters. The SMILES string of the molecule is C=CC1=CC=C(C(=O)O)CC1. The average Bonchev–Trinajstić information content (AvgIpc) is 2.05. The minimum absolute atomic E-state index is 0.482. The molecule has 1 N–H and O–H groups in total. The molecule has 0 aliphatic heterocycles. The van der Waals surface area contributed by atoms with Crippen LogP contribution in [0.4, 0.5) is 0 Å². The summed E-state index contributed by atoms with van der Waals surface area (Å²) in [5.74, 6) is -0.815. The highest BCUT2D eigenvalue weighted by molar-refractivity contribution is 5.87. The number of carboxylic acid groups (broad SMARTS) is 1. The third-order valence-corrected chi connectivity index (χ3v) is 1.72. The minimum atomic E-state index is -0.815. The van der Waals surface area contributed by atoms with Gasteiger partial charge in [0.2, 0.25) is 0 Å². The third kappa shape index (κ3) is 1.80. The molecular weight excluding hydrogens is 140 g/mol. The fraction of sp³-hybridized carbons (Fsp3) is 0.222. The van der Waals surface area contributed by atoms with Crippen molar-refractivity contribution in [2.24, 2.45) is 0 Å². The molecule has 0 bridgehead atoms. The molecule has 58 valence electrons. The molecule has 0 fully saturated rings. The van der Waals surface area contributed by atoms with E-state index in [1.54, 1.807) is 18.2 Å². The van der Waals surface area contributed by atoms with Gasteiger partial charge in [0.25, 0.3) is 0 Å². The normalized spacial score (nSPS) is 16.7. The maximum absolute atomic E-state index is 10.4. The lowest BCUT2D eigenvalue weighted by Gasteiger charge is -2.07. The van der Waals surface area contributed by atoms with Crippen molar-refractivity contribution in [1.29, 1.82) is 0 Å². The van der Waals surface area contributed by atoms with Crippen molar-refractivity contribution in [3.63, 3.8) is 0 Å². The van der Waals surface area contributed by atoms with Gasteiger partial charge in [-0.25, -0.2) is 4.79 Å². The van der Waals surface area contributed by atoms with Crippen LogP contribution in [0.15, 0.2) is 36.0 Å². The first-order chi connectivity index (χ1) is 5.24. The van der Waals surface area contributed by atoms with Crippen LogP contribution in [0.3, 0.4) is 0 Å². The van der Waals surface area contributed by atoms with Crippen molar-refractivity contribution in [3.8, 4) is 0 Å². The molecule has 0 saturated heterocycles. The summed E-state index contributed by atoms with van der Waals surface area (Å²) in [5.41, 5.74) is 1.59. The fourth-order valence-electron chi connectivity index (χ4n) is 1.00. The van der Waals surface area contributed by atoms with Gasteiger partial charge in [-0.05, 0) is 18.4 Å². The number of allylic oxidation sites excluding steroid dienone is 4. The highest BCUT2D eigenvalue weighted by Gasteiger charge is 2.09. The van der Waals surface area contributed by atoms with E-state index in [4.69, 9.17) is 5.11 Å². The van der Waals surface area contributed by atoms with Gasteiger partial charge in [0, 0.05) is 5.57 Å². The predicted molar refractivity (Wildman–Crippen MR) is 43.2 cm³/mol. The van der Waals surface area contributed by atoms with Crippen LogP contribution < -0.4 is 0 Å². The zero-order valence-corrected chi connectivity index (χ0v) is 6.21. The second-order valence-electron chi connectivity index (χ2n) is 2.44. The third-order valence-electron chi connectivity index (χ3n) is 1.72. The highest BCUT2D eigenvalue weighted by Crippen LogP contribution is 2.18. The Balaban J connectivity index is 2.76. The summed E-state index contributed by atoms with van der Waals surface area (Å²) in [6.07, 6.45) is 6.62. The van der Waals surface area contributed by atoms with Gasteiger partial charge in [-0.2, -0.15) is 0 Å². The quantitative estimate of drug-likeness (QED) is 0.652. The number of carboxylic acids is 1. The molecule has 0 aromatic heterocycles. The van der Waals surface area contributed by atoms with Crippen LogP contribution in [0.25, 0.3) is 0 Å². The second kappa shape index (κ2) is 3.19. The van der Waals surface area contributed by atoms with Gasteiger partial charge >= 0.3 is 5.97 Å². The Bertz CT molecular complexity index is 246. The number of hydrogen-bond acceptors (Lipinski definition) is 1. The minimum Gasteiger partial charge on any atom is -0.478 e. The van der Waals surface area contributed by atoms with Crippen LogP contribution in [0.5, 0.6) is 0 Å². The van der Waals surface area contributed by atoms with Crippen LogP contribution in [0, 0.1) is 0 Å². The lowest BCUT2D eigenvalue weighted by atomic mass is 9.99. The molecule has 0 saturated carbocycles. The molecule has 1 aliphatic rings. The van der Waals surface area contributed by atoms with E-state index in [9.17, 15) is 4.79 Å². The lowest BCUT2D eigenvalue weighted by Crippen LogP contribution is -2.03. The molecule has 0 aromatic rings. The average molecular weight is 150 g/mol. The van der Waals surface area contributed by atoms with Crippen LogP contribution >= 0.6 is 0 Å². The molecule has 0 heterocycles. The first-order valence-corrected chi connectivity index (χ1v) is 3.49. The second-order valence-corrected chi connectivity index (χ2v) is 2.44. The van der Waals surface area contributed by atoms with Gasteiger partial charge in [-0.1, -0.05) is 24.8 Å². The molecule has 1 aliphatic carbocycles. The summed E-state index contributed by atoms with van der Waals surface area (Å²) in [6, 6.07) is 0. The predicted octanol–water partition coefficient (Wildman–Crippen LogP) is 1.90. The zero-order valence-electron chi connectivity index (χ0n) is 6.21. The van der Waals surface area contributed by atoms with E-state index < -0.39 is 5.97 Å². The van der Waals surface area contributed by atoms with Gasteiger partial charge in [-0.15, -0.1) is 0 Å². The van der Waals surface area contributed by atoms with Crippen molar-refractivity contribution in [2.45, 2.75) is 12.8 Å². The molecule has 11 heavy (non-hydrogen) atoms. The molecule has 0 aromatic carbocycles. The van der Waals surface area contributed by atoms with Crippen LogP contribution in [-0.2, 0) is 4.79 Å². The molecule has 0 spiro atoms. The number of hydrogen-bond donors (Lipinski definition) is 1. The molecule has 0 amide bonds. The standard InChI is InChI=1S/C9H10O2/c1-2-7-3-5-8(6-4-7)9(10)11/h2-3,5H,1,4,6H2,(H,10,11). The number of aliphatic carboxylic acids is 1. The molecule has 2 nitrogen and oxygen atoms in total. The summed E-state index contributed by atoms with van der Waals surface area (Å²) >= 11 is 0. The Morgan fingerprint density at radius 2 is 2.27 bits per heavy atom. The van der Waals surface area contributed by atoms with E-state index in [0.717, 1.165) is 12.0 Å². The topological polar surface area (TPSA) is 37.3 Å². The fourth-order valence-corrected chi connectivity index (χ4v) is 1.00. The Hall–Kier alpha value is -1.31. The van der Waals surface area contributed by atoms with Crippen LogP contribution in [0.2, 0.25) is 0 Å². The largest absolute Gasteiger partial charge is 0.478 e. The Morgan fingerprint density at radius 3 is 2.64 bits per heavy atom. The van der Waals surface area contributed by atoms with Gasteiger partial charge < -0.3 is 5.11 Å². The summed E-state index contributed by atoms with van der Waals surface area (Å²) in [6.45, 7) is 3.61. The molecular formula is C9H10O2. The summed E-state index contributed by atoms with van der Waals surface area (Å²) < 4.78 is 0. The van der Waals surface area contributed by atoms with E-state index in [1.165, 1.54) is 0 Å². The van der Waals surface area contributed by atoms with E-state index in [2.05, 4.69) is 6.58 Å². The first kappa shape index (κ1) is 7.79. The summed E-state index contributed by atoms with van der Waals surface area (Å²) in [5, 5.41) is 8.57. The Kier molecular flexibility index (Phi) is 2.26. The monoisotopic (exact) mass is 150 g/mol. The maximum Gasteiger partial charge on any atom is 0.331 e. The lowest BCUT2D eigenvalue weighted by molar-refractivity contribution is -0.132. The van der Waals surface area contributed by atoms with Crippen molar-refractivity contribution in [3.05, 3.63) is 36.0 Å². The van der Waals surface area contributed by atoms with E-state index in [0.29, 0.717) is 12.0 Å². The molecule has 0 radical (unpaired) electrons. The van der Waals surface area contributed by atoms with Crippen LogP contribution in [-0.4, -0.2) is 11.1 Å².